The first-order valence-corrected chi connectivity index (χ1v) is 8.01. The van der Waals surface area contributed by atoms with Crippen LogP contribution in [0.4, 0.5) is 11.6 Å². The summed E-state index contributed by atoms with van der Waals surface area (Å²) in [4.78, 5) is 8.96. The molecule has 0 aliphatic heterocycles. The second kappa shape index (κ2) is 6.30. The van der Waals surface area contributed by atoms with Crippen molar-refractivity contribution >= 4 is 34.0 Å². The van der Waals surface area contributed by atoms with Crippen molar-refractivity contribution in [2.24, 2.45) is 0 Å². The molecule has 3 aromatic carbocycles. The molecular weight excluding hydrogens is 318 g/mol. The highest BCUT2D eigenvalue weighted by molar-refractivity contribution is 6.30. The van der Waals surface area contributed by atoms with Gasteiger partial charge >= 0.3 is 0 Å². The van der Waals surface area contributed by atoms with E-state index in [9.17, 15) is 0 Å². The summed E-state index contributed by atoms with van der Waals surface area (Å²) in [6.07, 6.45) is 1.77. The molecule has 0 fully saturated rings. The summed E-state index contributed by atoms with van der Waals surface area (Å²) >= 11 is 5.92. The van der Waals surface area contributed by atoms with Gasteiger partial charge in [-0.3, -0.25) is 0 Å². The summed E-state index contributed by atoms with van der Waals surface area (Å²) in [7, 11) is 0. The highest BCUT2D eigenvalue weighted by Gasteiger charge is 2.06. The van der Waals surface area contributed by atoms with Gasteiger partial charge in [-0.15, -0.1) is 0 Å². The van der Waals surface area contributed by atoms with Crippen LogP contribution in [-0.2, 0) is 0 Å². The molecule has 0 aliphatic carbocycles. The van der Waals surface area contributed by atoms with Gasteiger partial charge in [0.25, 0.3) is 0 Å². The number of halogens is 1. The average Bonchev–Trinajstić information content (AvgIpc) is 2.63. The van der Waals surface area contributed by atoms with Gasteiger partial charge in [0.05, 0.1) is 5.69 Å². The highest BCUT2D eigenvalue weighted by atomic mass is 35.5. The quantitative estimate of drug-likeness (QED) is 0.523. The van der Waals surface area contributed by atoms with E-state index in [1.165, 1.54) is 10.8 Å². The van der Waals surface area contributed by atoms with E-state index in [1.54, 1.807) is 6.20 Å². The van der Waals surface area contributed by atoms with Gasteiger partial charge in [-0.1, -0.05) is 54.1 Å². The maximum Gasteiger partial charge on any atom is 0.227 e. The standard InChI is InChI=1S/C20H14ClN3/c21-15-8-10-16(11-9-15)23-20-22-13-12-19(24-20)18-7-3-5-14-4-1-2-6-17(14)18/h1-13H,(H,22,23,24). The van der Waals surface area contributed by atoms with Crippen LogP contribution in [0.1, 0.15) is 0 Å². The van der Waals surface area contributed by atoms with Crippen LogP contribution in [-0.4, -0.2) is 9.97 Å². The lowest BCUT2D eigenvalue weighted by Crippen LogP contribution is -1.97. The van der Waals surface area contributed by atoms with Crippen molar-refractivity contribution in [3.63, 3.8) is 0 Å². The fourth-order valence-corrected chi connectivity index (χ4v) is 2.81. The van der Waals surface area contributed by atoms with E-state index in [1.807, 2.05) is 48.5 Å². The third-order valence-electron chi connectivity index (χ3n) is 3.82. The Morgan fingerprint density at radius 2 is 1.58 bits per heavy atom. The zero-order valence-corrected chi connectivity index (χ0v) is 13.5. The van der Waals surface area contributed by atoms with E-state index in [4.69, 9.17) is 11.6 Å². The number of benzene rings is 3. The lowest BCUT2D eigenvalue weighted by molar-refractivity contribution is 1.17. The molecule has 0 saturated heterocycles. The van der Waals surface area contributed by atoms with Crippen LogP contribution < -0.4 is 5.32 Å². The smallest absolute Gasteiger partial charge is 0.227 e. The van der Waals surface area contributed by atoms with Crippen molar-refractivity contribution in [3.8, 4) is 11.3 Å². The molecule has 3 nitrogen and oxygen atoms in total. The predicted molar refractivity (Wildman–Crippen MR) is 99.7 cm³/mol. The molecule has 0 atom stereocenters. The predicted octanol–water partition coefficient (Wildman–Crippen LogP) is 5.69. The normalized spacial score (nSPS) is 10.7. The minimum Gasteiger partial charge on any atom is -0.324 e. The lowest BCUT2D eigenvalue weighted by Gasteiger charge is -2.09. The van der Waals surface area contributed by atoms with Crippen molar-refractivity contribution in [3.05, 3.63) is 84.0 Å². The third kappa shape index (κ3) is 2.94. The Hall–Kier alpha value is -2.91. The van der Waals surface area contributed by atoms with Gasteiger partial charge in [-0.25, -0.2) is 9.97 Å². The first kappa shape index (κ1) is 14.7. The molecule has 0 amide bonds. The maximum atomic E-state index is 5.92. The van der Waals surface area contributed by atoms with Gasteiger partial charge in [-0.2, -0.15) is 0 Å². The second-order valence-corrected chi connectivity index (χ2v) is 5.86. The first-order chi connectivity index (χ1) is 11.8. The van der Waals surface area contributed by atoms with Crippen LogP contribution in [0.5, 0.6) is 0 Å². The Labute approximate surface area is 145 Å². The van der Waals surface area contributed by atoms with E-state index in [0.717, 1.165) is 16.9 Å². The number of hydrogen-bond donors (Lipinski definition) is 1. The van der Waals surface area contributed by atoms with Gasteiger partial charge in [-0.05, 0) is 41.1 Å². The van der Waals surface area contributed by atoms with Crippen LogP contribution in [0.2, 0.25) is 5.02 Å². The van der Waals surface area contributed by atoms with Gasteiger partial charge in [0.15, 0.2) is 0 Å². The van der Waals surface area contributed by atoms with Crippen molar-refractivity contribution in [2.45, 2.75) is 0 Å². The largest absolute Gasteiger partial charge is 0.324 e. The van der Waals surface area contributed by atoms with Crippen LogP contribution >= 0.6 is 11.6 Å². The monoisotopic (exact) mass is 331 g/mol. The van der Waals surface area contributed by atoms with Crippen molar-refractivity contribution in [1.29, 1.82) is 0 Å². The Bertz CT molecular complexity index is 992. The van der Waals surface area contributed by atoms with Gasteiger partial charge in [0.2, 0.25) is 5.95 Å². The topological polar surface area (TPSA) is 37.8 Å². The molecule has 0 spiro atoms. The van der Waals surface area contributed by atoms with Crippen LogP contribution in [0.15, 0.2) is 79.0 Å². The van der Waals surface area contributed by atoms with E-state index < -0.39 is 0 Å². The molecule has 0 radical (unpaired) electrons. The number of aromatic nitrogens is 2. The van der Waals surface area contributed by atoms with Crippen molar-refractivity contribution < 1.29 is 0 Å². The van der Waals surface area contributed by atoms with Gasteiger partial charge in [0, 0.05) is 22.5 Å². The summed E-state index contributed by atoms with van der Waals surface area (Å²) in [5.41, 5.74) is 2.88. The highest BCUT2D eigenvalue weighted by Crippen LogP contribution is 2.28. The maximum absolute atomic E-state index is 5.92. The number of nitrogens with zero attached hydrogens (tertiary/aromatic N) is 2. The summed E-state index contributed by atoms with van der Waals surface area (Å²) < 4.78 is 0. The molecule has 0 saturated carbocycles. The van der Waals surface area contributed by atoms with Crippen LogP contribution in [0.3, 0.4) is 0 Å². The fourth-order valence-electron chi connectivity index (χ4n) is 2.68. The number of hydrogen-bond acceptors (Lipinski definition) is 3. The molecule has 4 heteroatoms. The molecule has 1 aromatic heterocycles. The minimum absolute atomic E-state index is 0.558. The Morgan fingerprint density at radius 1 is 0.792 bits per heavy atom. The average molecular weight is 332 g/mol. The van der Waals surface area contributed by atoms with Crippen molar-refractivity contribution in [2.75, 3.05) is 5.32 Å². The number of rotatable bonds is 3. The van der Waals surface area contributed by atoms with E-state index in [0.29, 0.717) is 11.0 Å². The van der Waals surface area contributed by atoms with Crippen molar-refractivity contribution in [1.82, 2.24) is 9.97 Å². The summed E-state index contributed by atoms with van der Waals surface area (Å²) in [6, 6.07) is 23.9. The Balaban J connectivity index is 1.73. The first-order valence-electron chi connectivity index (χ1n) is 7.63. The van der Waals surface area contributed by atoms with E-state index >= 15 is 0 Å². The Kier molecular flexibility index (Phi) is 3.85. The number of nitrogens with one attached hydrogen (secondary N) is 1. The molecule has 24 heavy (non-hydrogen) atoms. The zero-order valence-electron chi connectivity index (χ0n) is 12.8. The van der Waals surface area contributed by atoms with Gasteiger partial charge < -0.3 is 5.32 Å². The number of anilines is 2. The fraction of sp³-hybridized carbons (Fsp3) is 0. The van der Waals surface area contributed by atoms with E-state index in [-0.39, 0.29) is 0 Å². The summed E-state index contributed by atoms with van der Waals surface area (Å²) in [6.45, 7) is 0. The molecule has 1 heterocycles. The Morgan fingerprint density at radius 3 is 2.46 bits per heavy atom. The molecule has 1 N–H and O–H groups in total. The van der Waals surface area contributed by atoms with Crippen LogP contribution in [0, 0.1) is 0 Å². The second-order valence-electron chi connectivity index (χ2n) is 5.42. The molecule has 0 unspecified atom stereocenters. The SMILES string of the molecule is Clc1ccc(Nc2nccc(-c3cccc4ccccc34)n2)cc1. The van der Waals surface area contributed by atoms with Crippen LogP contribution in [0.25, 0.3) is 22.0 Å². The third-order valence-corrected chi connectivity index (χ3v) is 4.07. The lowest BCUT2D eigenvalue weighted by atomic mass is 10.0. The molecule has 4 rings (SSSR count). The minimum atomic E-state index is 0.558. The van der Waals surface area contributed by atoms with Gasteiger partial charge in [0.1, 0.15) is 0 Å². The van der Waals surface area contributed by atoms with E-state index in [2.05, 4.69) is 39.6 Å². The zero-order chi connectivity index (χ0) is 16.4. The number of fused-ring (bicyclic) bond motifs is 1. The summed E-state index contributed by atoms with van der Waals surface area (Å²) in [5, 5.41) is 6.28. The molecule has 4 aromatic rings. The molecule has 0 bridgehead atoms. The summed E-state index contributed by atoms with van der Waals surface area (Å²) in [5.74, 6) is 0.558. The molecule has 0 aliphatic rings. The molecule has 116 valence electrons. The molecular formula is C20H14ClN3.